The zero-order valence-corrected chi connectivity index (χ0v) is 15.9. The number of sulfonamides is 1. The van der Waals surface area contributed by atoms with Crippen LogP contribution in [0, 0.1) is 0 Å². The summed E-state index contributed by atoms with van der Waals surface area (Å²) in [5.74, 6) is 1.09. The van der Waals surface area contributed by atoms with Gasteiger partial charge >= 0.3 is 0 Å². The van der Waals surface area contributed by atoms with E-state index in [2.05, 4.69) is 25.1 Å². The molecule has 27 heavy (non-hydrogen) atoms. The van der Waals surface area contributed by atoms with Crippen LogP contribution in [0.25, 0.3) is 12.2 Å². The Hall–Kier alpha value is -2.07. The van der Waals surface area contributed by atoms with Crippen LogP contribution < -0.4 is 10.0 Å². The van der Waals surface area contributed by atoms with E-state index in [9.17, 15) is 8.42 Å². The standard InChI is InChI=1S/C18H23N5O3S/c1-23-11-10-19-12-16(23)18-20-17(26-21-18)9-4-13-2-7-15(8-3-13)27(24,25)22-14-5-6-14/h2-4,7-9,14,16,19,22H,5-6,10-12H2,1H3/b9-4+. The van der Waals surface area contributed by atoms with Gasteiger partial charge in [0.2, 0.25) is 10.0 Å². The number of rotatable bonds is 6. The number of benzene rings is 1. The molecule has 2 aromatic rings. The second-order valence-electron chi connectivity index (χ2n) is 6.99. The largest absolute Gasteiger partial charge is 0.335 e. The Morgan fingerprint density at radius 1 is 1.26 bits per heavy atom. The first-order chi connectivity index (χ1) is 13.0. The van der Waals surface area contributed by atoms with Crippen molar-refractivity contribution in [2.24, 2.45) is 0 Å². The first-order valence-electron chi connectivity index (χ1n) is 9.06. The lowest BCUT2D eigenvalue weighted by atomic mass is 10.2. The summed E-state index contributed by atoms with van der Waals surface area (Å²) in [6, 6.07) is 6.92. The van der Waals surface area contributed by atoms with Gasteiger partial charge in [-0.15, -0.1) is 0 Å². The predicted molar refractivity (Wildman–Crippen MR) is 101 cm³/mol. The number of aromatic nitrogens is 2. The molecule has 2 heterocycles. The molecule has 2 aliphatic rings. The molecule has 1 aliphatic carbocycles. The maximum Gasteiger partial charge on any atom is 0.250 e. The predicted octanol–water partition coefficient (Wildman–Crippen LogP) is 1.26. The van der Waals surface area contributed by atoms with Gasteiger partial charge in [-0.2, -0.15) is 4.98 Å². The van der Waals surface area contributed by atoms with Crippen molar-refractivity contribution in [3.05, 3.63) is 41.5 Å². The fraction of sp³-hybridized carbons (Fsp3) is 0.444. The van der Waals surface area contributed by atoms with Crippen molar-refractivity contribution < 1.29 is 12.9 Å². The summed E-state index contributed by atoms with van der Waals surface area (Å²) in [5, 5.41) is 7.40. The van der Waals surface area contributed by atoms with Crippen LogP contribution in [0.5, 0.6) is 0 Å². The van der Waals surface area contributed by atoms with Crippen LogP contribution in [0.2, 0.25) is 0 Å². The average Bonchev–Trinajstić information content (AvgIpc) is 3.33. The highest BCUT2D eigenvalue weighted by atomic mass is 32.2. The second kappa shape index (κ2) is 7.51. The minimum Gasteiger partial charge on any atom is -0.335 e. The lowest BCUT2D eigenvalue weighted by Gasteiger charge is -2.30. The molecule has 2 fully saturated rings. The Balaban J connectivity index is 1.42. The number of hydrogen-bond acceptors (Lipinski definition) is 7. The third-order valence-electron chi connectivity index (χ3n) is 4.77. The summed E-state index contributed by atoms with van der Waals surface area (Å²) in [6.07, 6.45) is 5.39. The normalized spacial score (nSPS) is 21.7. The molecule has 1 atom stereocenters. The summed E-state index contributed by atoms with van der Waals surface area (Å²) in [4.78, 5) is 6.92. The van der Waals surface area contributed by atoms with Crippen LogP contribution in [0.1, 0.15) is 36.2 Å². The number of hydrogen-bond donors (Lipinski definition) is 2. The highest BCUT2D eigenvalue weighted by Crippen LogP contribution is 2.22. The van der Waals surface area contributed by atoms with Crippen LogP contribution in [0.15, 0.2) is 33.7 Å². The van der Waals surface area contributed by atoms with Crippen LogP contribution in [-0.4, -0.2) is 56.2 Å². The molecule has 1 aromatic carbocycles. The SMILES string of the molecule is CN1CCNCC1c1noc(/C=C/c2ccc(S(=O)(=O)NC3CC3)cc2)n1. The lowest BCUT2D eigenvalue weighted by Crippen LogP contribution is -2.44. The number of likely N-dealkylation sites (N-methyl/N-ethyl adjacent to an activating group) is 1. The molecule has 2 N–H and O–H groups in total. The summed E-state index contributed by atoms with van der Waals surface area (Å²) in [7, 11) is -1.37. The van der Waals surface area contributed by atoms with Crippen molar-refractivity contribution in [3.63, 3.8) is 0 Å². The fourth-order valence-electron chi connectivity index (χ4n) is 2.96. The molecule has 0 bridgehead atoms. The highest BCUT2D eigenvalue weighted by molar-refractivity contribution is 7.89. The van der Waals surface area contributed by atoms with E-state index in [0.717, 1.165) is 38.0 Å². The third-order valence-corrected chi connectivity index (χ3v) is 6.31. The van der Waals surface area contributed by atoms with Crippen LogP contribution in [0.4, 0.5) is 0 Å². The molecule has 9 heteroatoms. The summed E-state index contributed by atoms with van der Waals surface area (Å²) in [6.45, 7) is 2.69. The first-order valence-corrected chi connectivity index (χ1v) is 10.5. The Kier molecular flexibility index (Phi) is 5.09. The van der Waals surface area contributed by atoms with Gasteiger partial charge < -0.3 is 9.84 Å². The maximum absolute atomic E-state index is 12.2. The van der Waals surface area contributed by atoms with Gasteiger partial charge in [0.1, 0.15) is 0 Å². The van der Waals surface area contributed by atoms with E-state index in [1.165, 1.54) is 0 Å². The Morgan fingerprint density at radius 2 is 2.04 bits per heavy atom. The average molecular weight is 389 g/mol. The van der Waals surface area contributed by atoms with Gasteiger partial charge in [0.15, 0.2) is 5.82 Å². The van der Waals surface area contributed by atoms with E-state index in [-0.39, 0.29) is 17.0 Å². The monoisotopic (exact) mass is 389 g/mol. The topological polar surface area (TPSA) is 100 Å². The number of piperazine rings is 1. The number of nitrogens with zero attached hydrogens (tertiary/aromatic N) is 3. The molecule has 1 saturated heterocycles. The van der Waals surface area contributed by atoms with Gasteiger partial charge in [-0.3, -0.25) is 4.90 Å². The van der Waals surface area contributed by atoms with Crippen molar-refractivity contribution in [1.29, 1.82) is 0 Å². The third kappa shape index (κ3) is 4.44. The minimum atomic E-state index is -3.42. The quantitative estimate of drug-likeness (QED) is 0.767. The van der Waals surface area contributed by atoms with Crippen molar-refractivity contribution in [2.45, 2.75) is 29.8 Å². The molecule has 144 valence electrons. The van der Waals surface area contributed by atoms with Gasteiger partial charge in [-0.25, -0.2) is 13.1 Å². The molecule has 1 saturated carbocycles. The molecule has 0 radical (unpaired) electrons. The Morgan fingerprint density at radius 3 is 2.74 bits per heavy atom. The Bertz CT molecular complexity index is 919. The van der Waals surface area contributed by atoms with E-state index in [1.54, 1.807) is 30.3 Å². The van der Waals surface area contributed by atoms with E-state index in [0.29, 0.717) is 11.7 Å². The van der Waals surface area contributed by atoms with Gasteiger partial charge in [0, 0.05) is 31.8 Å². The van der Waals surface area contributed by atoms with Crippen LogP contribution in [-0.2, 0) is 10.0 Å². The van der Waals surface area contributed by atoms with Gasteiger partial charge in [0.25, 0.3) is 5.89 Å². The molecule has 1 unspecified atom stereocenters. The summed E-state index contributed by atoms with van der Waals surface area (Å²) < 4.78 is 32.3. The molecule has 0 amide bonds. The smallest absolute Gasteiger partial charge is 0.250 e. The molecule has 1 aromatic heterocycles. The zero-order chi connectivity index (χ0) is 18.9. The van der Waals surface area contributed by atoms with Gasteiger partial charge in [0.05, 0.1) is 10.9 Å². The van der Waals surface area contributed by atoms with E-state index in [4.69, 9.17) is 4.52 Å². The molecular weight excluding hydrogens is 366 g/mol. The number of nitrogens with one attached hydrogen (secondary N) is 2. The fourth-order valence-corrected chi connectivity index (χ4v) is 4.26. The second-order valence-corrected chi connectivity index (χ2v) is 8.70. The first kappa shape index (κ1) is 18.3. The summed E-state index contributed by atoms with van der Waals surface area (Å²) >= 11 is 0. The highest BCUT2D eigenvalue weighted by Gasteiger charge is 2.28. The van der Waals surface area contributed by atoms with Crippen LogP contribution in [0.3, 0.4) is 0 Å². The van der Waals surface area contributed by atoms with Crippen LogP contribution >= 0.6 is 0 Å². The van der Waals surface area contributed by atoms with E-state index in [1.807, 2.05) is 13.1 Å². The molecule has 0 spiro atoms. The molecule has 4 rings (SSSR count). The van der Waals surface area contributed by atoms with E-state index < -0.39 is 10.0 Å². The molecular formula is C18H23N5O3S. The van der Waals surface area contributed by atoms with Gasteiger partial charge in [-0.05, 0) is 43.7 Å². The minimum absolute atomic E-state index is 0.0969. The van der Waals surface area contributed by atoms with Crippen molar-refractivity contribution in [1.82, 2.24) is 25.1 Å². The maximum atomic E-state index is 12.2. The van der Waals surface area contributed by atoms with Gasteiger partial charge in [-0.1, -0.05) is 17.3 Å². The van der Waals surface area contributed by atoms with Crippen molar-refractivity contribution in [3.8, 4) is 0 Å². The zero-order valence-electron chi connectivity index (χ0n) is 15.1. The Labute approximate surface area is 158 Å². The molecule has 1 aliphatic heterocycles. The molecule has 8 nitrogen and oxygen atoms in total. The van der Waals surface area contributed by atoms with Crippen molar-refractivity contribution >= 4 is 22.2 Å². The van der Waals surface area contributed by atoms with Crippen molar-refractivity contribution in [2.75, 3.05) is 26.7 Å². The lowest BCUT2D eigenvalue weighted by molar-refractivity contribution is 0.190. The van der Waals surface area contributed by atoms with E-state index >= 15 is 0 Å². The summed E-state index contributed by atoms with van der Waals surface area (Å²) in [5.41, 5.74) is 0.858.